The van der Waals surface area contributed by atoms with Gasteiger partial charge < -0.3 is 4.74 Å². The highest BCUT2D eigenvalue weighted by atomic mass is 16.5. The molecule has 0 spiro atoms. The molecular formula is C25H26N2O2. The van der Waals surface area contributed by atoms with Crippen LogP contribution < -0.4 is 0 Å². The van der Waals surface area contributed by atoms with Gasteiger partial charge in [-0.2, -0.15) is 5.10 Å². The molecule has 0 aliphatic heterocycles. The third-order valence-corrected chi connectivity index (χ3v) is 7.45. The molecule has 0 unspecified atom stereocenters. The van der Waals surface area contributed by atoms with Gasteiger partial charge in [0.1, 0.15) is 12.3 Å². The fraction of sp³-hybridized carbons (Fsp3) is 0.360. The number of ether oxygens (including phenoxy) is 1. The Morgan fingerprint density at radius 2 is 1.72 bits per heavy atom. The van der Waals surface area contributed by atoms with E-state index in [1.54, 1.807) is 12.1 Å². The van der Waals surface area contributed by atoms with Crippen LogP contribution in [0, 0.1) is 5.41 Å². The molecule has 2 bridgehead atoms. The molecule has 1 aromatic heterocycles. The van der Waals surface area contributed by atoms with Gasteiger partial charge in [-0.1, -0.05) is 57.2 Å². The molecule has 2 aliphatic rings. The second-order valence-electron chi connectivity index (χ2n) is 9.04. The number of carbonyl (C=O) groups excluding carboxylic acids is 1. The Kier molecular flexibility index (Phi) is 3.95. The largest absolute Gasteiger partial charge is 0.455 e. The number of benzene rings is 2. The minimum absolute atomic E-state index is 0.0670. The molecule has 2 aliphatic carbocycles. The van der Waals surface area contributed by atoms with Crippen molar-refractivity contribution < 1.29 is 9.53 Å². The Balaban J connectivity index is 1.56. The van der Waals surface area contributed by atoms with Crippen LogP contribution in [0.5, 0.6) is 0 Å². The summed E-state index contributed by atoms with van der Waals surface area (Å²) in [5, 5.41) is 4.96. The van der Waals surface area contributed by atoms with E-state index in [9.17, 15) is 4.79 Å². The minimum Gasteiger partial charge on any atom is -0.455 e. The summed E-state index contributed by atoms with van der Waals surface area (Å²) in [6.07, 6.45) is 2.33. The summed E-state index contributed by atoms with van der Waals surface area (Å²) in [6, 6.07) is 19.4. The lowest BCUT2D eigenvalue weighted by Crippen LogP contribution is -2.33. The molecule has 1 heterocycles. The summed E-state index contributed by atoms with van der Waals surface area (Å²) in [6.45, 7) is 7.33. The quantitative estimate of drug-likeness (QED) is 0.564. The molecule has 5 rings (SSSR count). The SMILES string of the molecule is CC1(C)[C@@H]2CC[C@@]1(C)c1c2c(COC(=O)c2ccccc2)nn1-c1ccccc1. The molecule has 148 valence electrons. The molecule has 0 radical (unpaired) electrons. The topological polar surface area (TPSA) is 44.1 Å². The lowest BCUT2D eigenvalue weighted by Gasteiger charge is -2.35. The van der Waals surface area contributed by atoms with Crippen molar-refractivity contribution in [3.05, 3.63) is 83.2 Å². The van der Waals surface area contributed by atoms with Crippen molar-refractivity contribution in [1.29, 1.82) is 0 Å². The number of fused-ring (bicyclic) bond motifs is 5. The van der Waals surface area contributed by atoms with Gasteiger partial charge in [0.05, 0.1) is 16.9 Å². The molecule has 0 amide bonds. The van der Waals surface area contributed by atoms with Crippen LogP contribution in [0.3, 0.4) is 0 Å². The van der Waals surface area contributed by atoms with E-state index in [2.05, 4.69) is 37.6 Å². The summed E-state index contributed by atoms with van der Waals surface area (Å²) < 4.78 is 7.78. The Hall–Kier alpha value is -2.88. The zero-order chi connectivity index (χ0) is 20.2. The maximum absolute atomic E-state index is 12.5. The number of rotatable bonds is 4. The first kappa shape index (κ1) is 18.2. The number of carbonyl (C=O) groups is 1. The maximum Gasteiger partial charge on any atom is 0.338 e. The number of aromatic nitrogens is 2. The van der Waals surface area contributed by atoms with Crippen molar-refractivity contribution in [2.45, 2.75) is 51.6 Å². The Morgan fingerprint density at radius 3 is 2.41 bits per heavy atom. The number of para-hydroxylation sites is 1. The fourth-order valence-electron chi connectivity index (χ4n) is 5.46. The van der Waals surface area contributed by atoms with E-state index in [1.807, 2.05) is 36.4 Å². The van der Waals surface area contributed by atoms with E-state index in [0.29, 0.717) is 11.5 Å². The maximum atomic E-state index is 12.5. The number of esters is 1. The van der Waals surface area contributed by atoms with E-state index in [1.165, 1.54) is 17.7 Å². The van der Waals surface area contributed by atoms with Crippen molar-refractivity contribution in [3.63, 3.8) is 0 Å². The Labute approximate surface area is 171 Å². The average Bonchev–Trinajstić information content (AvgIpc) is 3.29. The van der Waals surface area contributed by atoms with Gasteiger partial charge in [0, 0.05) is 11.0 Å². The van der Waals surface area contributed by atoms with Crippen LogP contribution in [0.15, 0.2) is 60.7 Å². The van der Waals surface area contributed by atoms with Crippen LogP contribution in [0.2, 0.25) is 0 Å². The lowest BCUT2D eigenvalue weighted by molar-refractivity contribution is 0.0465. The van der Waals surface area contributed by atoms with E-state index in [0.717, 1.165) is 17.8 Å². The second-order valence-corrected chi connectivity index (χ2v) is 9.04. The van der Waals surface area contributed by atoms with Crippen LogP contribution in [-0.4, -0.2) is 15.7 Å². The normalized spacial score (nSPS) is 23.8. The highest BCUT2D eigenvalue weighted by Gasteiger charge is 2.62. The standard InChI is InChI=1S/C25H26N2O2/c1-24(2)19-14-15-25(24,3)22-21(19)20(26-27(22)18-12-8-5-9-13-18)16-29-23(28)17-10-6-4-7-11-17/h4-13,19H,14-16H2,1-3H3/t19-,25+/m1/s1. The zero-order valence-electron chi connectivity index (χ0n) is 17.2. The molecule has 0 saturated heterocycles. The first-order valence-corrected chi connectivity index (χ1v) is 10.3. The number of hydrogen-bond acceptors (Lipinski definition) is 3. The summed E-state index contributed by atoms with van der Waals surface area (Å²) in [7, 11) is 0. The van der Waals surface area contributed by atoms with Gasteiger partial charge in [-0.3, -0.25) is 0 Å². The van der Waals surface area contributed by atoms with Crippen molar-refractivity contribution >= 4 is 5.97 Å². The summed E-state index contributed by atoms with van der Waals surface area (Å²) >= 11 is 0. The van der Waals surface area contributed by atoms with Crippen LogP contribution in [0.1, 0.15) is 66.8 Å². The highest BCUT2D eigenvalue weighted by Crippen LogP contribution is 2.68. The Morgan fingerprint density at radius 1 is 1.07 bits per heavy atom. The molecular weight excluding hydrogens is 360 g/mol. The molecule has 4 heteroatoms. The number of nitrogens with zero attached hydrogens (tertiary/aromatic N) is 2. The van der Waals surface area contributed by atoms with Crippen molar-refractivity contribution in [1.82, 2.24) is 9.78 Å². The van der Waals surface area contributed by atoms with Crippen molar-refractivity contribution in [3.8, 4) is 5.69 Å². The molecule has 2 aromatic carbocycles. The fourth-order valence-corrected chi connectivity index (χ4v) is 5.46. The van der Waals surface area contributed by atoms with E-state index < -0.39 is 0 Å². The molecule has 2 atom stereocenters. The van der Waals surface area contributed by atoms with Crippen LogP contribution in [-0.2, 0) is 16.8 Å². The van der Waals surface area contributed by atoms with Gasteiger partial charge in [-0.05, 0) is 48.4 Å². The summed E-state index contributed by atoms with van der Waals surface area (Å²) in [5.41, 5.74) is 5.36. The highest BCUT2D eigenvalue weighted by molar-refractivity contribution is 5.89. The van der Waals surface area contributed by atoms with Crippen LogP contribution in [0.4, 0.5) is 0 Å². The van der Waals surface area contributed by atoms with Gasteiger partial charge in [-0.15, -0.1) is 0 Å². The lowest BCUT2D eigenvalue weighted by atomic mass is 9.70. The predicted octanol–water partition coefficient (Wildman–Crippen LogP) is 5.40. The van der Waals surface area contributed by atoms with Gasteiger partial charge in [0.2, 0.25) is 0 Å². The smallest absolute Gasteiger partial charge is 0.338 e. The third kappa shape index (κ3) is 2.51. The monoisotopic (exact) mass is 386 g/mol. The molecule has 4 nitrogen and oxygen atoms in total. The van der Waals surface area contributed by atoms with Crippen LogP contribution >= 0.6 is 0 Å². The van der Waals surface area contributed by atoms with Gasteiger partial charge in [0.25, 0.3) is 0 Å². The van der Waals surface area contributed by atoms with Gasteiger partial charge in [-0.25, -0.2) is 9.48 Å². The molecule has 29 heavy (non-hydrogen) atoms. The van der Waals surface area contributed by atoms with Gasteiger partial charge >= 0.3 is 5.97 Å². The first-order chi connectivity index (χ1) is 13.9. The van der Waals surface area contributed by atoms with E-state index in [4.69, 9.17) is 9.84 Å². The third-order valence-electron chi connectivity index (χ3n) is 7.45. The van der Waals surface area contributed by atoms with E-state index >= 15 is 0 Å². The predicted molar refractivity (Wildman–Crippen MR) is 112 cm³/mol. The van der Waals surface area contributed by atoms with Crippen LogP contribution in [0.25, 0.3) is 5.69 Å². The molecule has 1 saturated carbocycles. The van der Waals surface area contributed by atoms with E-state index in [-0.39, 0.29) is 23.4 Å². The zero-order valence-corrected chi connectivity index (χ0v) is 17.2. The Bertz CT molecular complexity index is 1070. The summed E-state index contributed by atoms with van der Waals surface area (Å²) in [4.78, 5) is 12.5. The molecule has 3 aromatic rings. The molecule has 0 N–H and O–H groups in total. The van der Waals surface area contributed by atoms with Crippen molar-refractivity contribution in [2.24, 2.45) is 5.41 Å². The second kappa shape index (κ2) is 6.31. The summed E-state index contributed by atoms with van der Waals surface area (Å²) in [5.74, 6) is 0.146. The average molecular weight is 386 g/mol. The van der Waals surface area contributed by atoms with Crippen molar-refractivity contribution in [2.75, 3.05) is 0 Å². The molecule has 1 fully saturated rings. The first-order valence-electron chi connectivity index (χ1n) is 10.3. The minimum atomic E-state index is -0.303. The van der Waals surface area contributed by atoms with Gasteiger partial charge in [0.15, 0.2) is 0 Å². The number of hydrogen-bond donors (Lipinski definition) is 0.